The molecule has 4 rings (SSSR count). The molecule has 1 atom stereocenters. The predicted molar refractivity (Wildman–Crippen MR) is 113 cm³/mol. The van der Waals surface area contributed by atoms with Gasteiger partial charge in [-0.05, 0) is 22.3 Å². The van der Waals surface area contributed by atoms with Crippen molar-refractivity contribution in [3.8, 4) is 22.4 Å². The Morgan fingerprint density at radius 3 is 2.07 bits per heavy atom. The summed E-state index contributed by atoms with van der Waals surface area (Å²) in [5.74, 6) is -0.902. The lowest BCUT2D eigenvalue weighted by Crippen LogP contribution is -2.28. The monoisotopic (exact) mass is 383 g/mol. The molecule has 0 saturated heterocycles. The maximum absolute atomic E-state index is 11.2. The van der Waals surface area contributed by atoms with Gasteiger partial charge in [0, 0.05) is 5.56 Å². The molecule has 0 amide bonds. The summed E-state index contributed by atoms with van der Waals surface area (Å²) in [6.45, 7) is -0.148. The molecule has 3 N–H and O–H groups in total. The molecule has 0 fully saturated rings. The van der Waals surface area contributed by atoms with Gasteiger partial charge in [-0.25, -0.2) is 0 Å². The van der Waals surface area contributed by atoms with Crippen molar-refractivity contribution in [1.29, 1.82) is 0 Å². The summed E-state index contributed by atoms with van der Waals surface area (Å²) < 4.78 is 0. The van der Waals surface area contributed by atoms with Crippen molar-refractivity contribution < 1.29 is 9.90 Å². The molecule has 3 aromatic carbocycles. The number of rotatable bonds is 7. The van der Waals surface area contributed by atoms with Crippen LogP contribution in [0, 0.1) is 0 Å². The van der Waals surface area contributed by atoms with Crippen LogP contribution in [0.15, 0.2) is 91.1 Å². The van der Waals surface area contributed by atoms with E-state index in [1.165, 1.54) is 0 Å². The topological polar surface area (TPSA) is 78.0 Å². The van der Waals surface area contributed by atoms with Crippen LogP contribution in [0.3, 0.4) is 0 Å². The van der Waals surface area contributed by atoms with Crippen molar-refractivity contribution >= 4 is 5.97 Å². The molecule has 144 valence electrons. The van der Waals surface area contributed by atoms with Gasteiger partial charge < -0.3 is 5.11 Å². The number of aliphatic carboxylic acids is 1. The van der Waals surface area contributed by atoms with Crippen LogP contribution in [0.4, 0.5) is 0 Å². The summed E-state index contributed by atoms with van der Waals surface area (Å²) in [6.07, 6.45) is 1.76. The van der Waals surface area contributed by atoms with Crippen LogP contribution >= 0.6 is 0 Å². The Morgan fingerprint density at radius 2 is 1.45 bits per heavy atom. The van der Waals surface area contributed by atoms with Gasteiger partial charge in [-0.1, -0.05) is 84.9 Å². The first-order chi connectivity index (χ1) is 14.2. The van der Waals surface area contributed by atoms with Crippen LogP contribution in [-0.4, -0.2) is 27.8 Å². The minimum atomic E-state index is -0.902. The Labute approximate surface area is 169 Å². The normalized spacial score (nSPS) is 11.9. The predicted octanol–water partition coefficient (Wildman–Crippen LogP) is 4.51. The van der Waals surface area contributed by atoms with E-state index in [4.69, 9.17) is 0 Å². The average molecular weight is 383 g/mol. The Balaban J connectivity index is 1.70. The number of hydrogen-bond acceptors (Lipinski definition) is 3. The third-order valence-electron chi connectivity index (χ3n) is 4.85. The van der Waals surface area contributed by atoms with Crippen molar-refractivity contribution in [2.45, 2.75) is 6.04 Å². The standard InChI is InChI=1S/C24H21N3O2/c28-22(29)16-25-23(21-15-26-27-24(21)19-9-5-2-6-10-19)20-13-11-18(12-14-20)17-7-3-1-4-8-17/h1-15,23,25H,16H2,(H,26,27)(H,28,29). The first kappa shape index (κ1) is 18.7. The van der Waals surface area contributed by atoms with Crippen molar-refractivity contribution in [1.82, 2.24) is 15.5 Å². The van der Waals surface area contributed by atoms with Crippen molar-refractivity contribution in [3.63, 3.8) is 0 Å². The van der Waals surface area contributed by atoms with Crippen LogP contribution in [0.25, 0.3) is 22.4 Å². The zero-order valence-electron chi connectivity index (χ0n) is 15.7. The zero-order valence-corrected chi connectivity index (χ0v) is 15.7. The Kier molecular flexibility index (Phi) is 5.49. The van der Waals surface area contributed by atoms with E-state index in [1.54, 1.807) is 6.20 Å². The highest BCUT2D eigenvalue weighted by Gasteiger charge is 2.21. The van der Waals surface area contributed by atoms with Gasteiger partial charge in [0.15, 0.2) is 0 Å². The maximum Gasteiger partial charge on any atom is 0.317 e. The van der Waals surface area contributed by atoms with Crippen molar-refractivity contribution in [2.24, 2.45) is 0 Å². The van der Waals surface area contributed by atoms with Gasteiger partial charge in [0.2, 0.25) is 0 Å². The van der Waals surface area contributed by atoms with Gasteiger partial charge in [-0.3, -0.25) is 15.2 Å². The number of carboxylic acid groups (broad SMARTS) is 1. The zero-order chi connectivity index (χ0) is 20.1. The van der Waals surface area contributed by atoms with Gasteiger partial charge in [-0.2, -0.15) is 5.10 Å². The number of carboxylic acids is 1. The fourth-order valence-electron chi connectivity index (χ4n) is 3.45. The van der Waals surface area contributed by atoms with Gasteiger partial charge in [0.25, 0.3) is 0 Å². The summed E-state index contributed by atoms with van der Waals surface area (Å²) in [5.41, 5.74) is 6.02. The Hall–Kier alpha value is -3.70. The lowest BCUT2D eigenvalue weighted by Gasteiger charge is -2.19. The number of aromatic amines is 1. The van der Waals surface area contributed by atoms with E-state index < -0.39 is 5.97 Å². The van der Waals surface area contributed by atoms with Crippen LogP contribution in [0.1, 0.15) is 17.2 Å². The van der Waals surface area contributed by atoms with E-state index in [1.807, 2.05) is 60.7 Å². The van der Waals surface area contributed by atoms with E-state index in [0.29, 0.717) is 0 Å². The molecule has 0 bridgehead atoms. The lowest BCUT2D eigenvalue weighted by molar-refractivity contribution is -0.136. The largest absolute Gasteiger partial charge is 0.480 e. The minimum Gasteiger partial charge on any atom is -0.480 e. The highest BCUT2D eigenvalue weighted by atomic mass is 16.4. The second kappa shape index (κ2) is 8.54. The van der Waals surface area contributed by atoms with Gasteiger partial charge in [-0.15, -0.1) is 0 Å². The highest BCUT2D eigenvalue weighted by Crippen LogP contribution is 2.31. The van der Waals surface area contributed by atoms with Crippen molar-refractivity contribution in [2.75, 3.05) is 6.54 Å². The molecule has 0 aliphatic rings. The molecule has 0 spiro atoms. The number of nitrogens with zero attached hydrogens (tertiary/aromatic N) is 1. The Morgan fingerprint density at radius 1 is 0.862 bits per heavy atom. The molecule has 29 heavy (non-hydrogen) atoms. The molecule has 0 aliphatic carbocycles. The number of hydrogen-bond donors (Lipinski definition) is 3. The van der Waals surface area contributed by atoms with E-state index in [0.717, 1.165) is 33.5 Å². The third kappa shape index (κ3) is 4.25. The van der Waals surface area contributed by atoms with Crippen LogP contribution in [0.2, 0.25) is 0 Å². The molecule has 5 heteroatoms. The van der Waals surface area contributed by atoms with Crippen molar-refractivity contribution in [3.05, 3.63) is 102 Å². The van der Waals surface area contributed by atoms with E-state index in [-0.39, 0.29) is 12.6 Å². The SMILES string of the molecule is O=C(O)CNC(c1ccc(-c2ccccc2)cc1)c1cn[nH]c1-c1ccccc1. The van der Waals surface area contributed by atoms with E-state index >= 15 is 0 Å². The fourth-order valence-corrected chi connectivity index (χ4v) is 3.45. The van der Waals surface area contributed by atoms with Crippen LogP contribution < -0.4 is 5.32 Å². The number of aromatic nitrogens is 2. The molecule has 1 aromatic heterocycles. The number of nitrogens with one attached hydrogen (secondary N) is 2. The summed E-state index contributed by atoms with van der Waals surface area (Å²) in [7, 11) is 0. The second-order valence-electron chi connectivity index (χ2n) is 6.76. The molecule has 5 nitrogen and oxygen atoms in total. The minimum absolute atomic E-state index is 0.148. The average Bonchev–Trinajstić information content (AvgIpc) is 3.25. The van der Waals surface area contributed by atoms with E-state index in [9.17, 15) is 9.90 Å². The van der Waals surface area contributed by atoms with Gasteiger partial charge in [0.05, 0.1) is 24.5 Å². The molecule has 0 aliphatic heterocycles. The second-order valence-corrected chi connectivity index (χ2v) is 6.76. The highest BCUT2D eigenvalue weighted by molar-refractivity contribution is 5.70. The lowest BCUT2D eigenvalue weighted by atomic mass is 9.94. The fraction of sp³-hybridized carbons (Fsp3) is 0.0833. The smallest absolute Gasteiger partial charge is 0.317 e. The molecule has 0 saturated carbocycles. The first-order valence-corrected chi connectivity index (χ1v) is 9.41. The molecule has 4 aromatic rings. The van der Waals surface area contributed by atoms with E-state index in [2.05, 4.69) is 39.8 Å². The molecule has 1 unspecified atom stereocenters. The number of benzene rings is 3. The summed E-state index contributed by atoms with van der Waals surface area (Å²) >= 11 is 0. The van der Waals surface area contributed by atoms with Gasteiger partial charge in [0.1, 0.15) is 0 Å². The molecular formula is C24H21N3O2. The molecular weight excluding hydrogens is 362 g/mol. The molecule has 1 heterocycles. The van der Waals surface area contributed by atoms with Crippen LogP contribution in [-0.2, 0) is 4.79 Å². The Bertz CT molecular complexity index is 1070. The summed E-state index contributed by atoms with van der Waals surface area (Å²) in [5, 5.41) is 19.6. The number of H-pyrrole nitrogens is 1. The van der Waals surface area contributed by atoms with Gasteiger partial charge >= 0.3 is 5.97 Å². The maximum atomic E-state index is 11.2. The third-order valence-corrected chi connectivity index (χ3v) is 4.85. The summed E-state index contributed by atoms with van der Waals surface area (Å²) in [6, 6.07) is 27.9. The summed E-state index contributed by atoms with van der Waals surface area (Å²) in [4.78, 5) is 11.2. The quantitative estimate of drug-likeness (QED) is 0.439. The number of carbonyl (C=O) groups is 1. The first-order valence-electron chi connectivity index (χ1n) is 9.41. The molecule has 0 radical (unpaired) electrons. The van der Waals surface area contributed by atoms with Crippen LogP contribution in [0.5, 0.6) is 0 Å².